The summed E-state index contributed by atoms with van der Waals surface area (Å²) in [5.41, 5.74) is -0.0453. The Morgan fingerprint density at radius 2 is 1.74 bits per heavy atom. The van der Waals surface area contributed by atoms with E-state index in [9.17, 15) is 18.5 Å². The van der Waals surface area contributed by atoms with Gasteiger partial charge in [0.15, 0.2) is 15.7 Å². The maximum atomic E-state index is 12.4. The lowest BCUT2D eigenvalue weighted by atomic mass is 10.1. The summed E-state index contributed by atoms with van der Waals surface area (Å²) in [4.78, 5) is 14.8. The van der Waals surface area contributed by atoms with Gasteiger partial charge in [0.1, 0.15) is 23.0 Å². The molecule has 0 saturated heterocycles. The first-order valence-electron chi connectivity index (χ1n) is 9.16. The van der Waals surface area contributed by atoms with E-state index < -0.39 is 25.3 Å². The molecule has 0 fully saturated rings. The van der Waals surface area contributed by atoms with Crippen LogP contribution in [-0.4, -0.2) is 35.3 Å². The van der Waals surface area contributed by atoms with Crippen LogP contribution in [0.1, 0.15) is 26.6 Å². The van der Waals surface area contributed by atoms with E-state index in [0.29, 0.717) is 11.5 Å². The fourth-order valence-corrected chi connectivity index (χ4v) is 3.36. The Bertz CT molecular complexity index is 1200. The quantitative estimate of drug-likeness (QED) is 0.386. The van der Waals surface area contributed by atoms with Crippen LogP contribution in [0.15, 0.2) is 47.0 Å². The Morgan fingerprint density at radius 3 is 2.32 bits per heavy atom. The number of sulfone groups is 1. The molecule has 0 spiro atoms. The number of ether oxygens (including phenoxy) is 2. The first kappa shape index (κ1) is 22.2. The number of aromatic nitrogens is 2. The Balaban J connectivity index is 1.98. The summed E-state index contributed by atoms with van der Waals surface area (Å²) in [6.45, 7) is 4.72. The summed E-state index contributed by atoms with van der Waals surface area (Å²) < 4.78 is 40.0. The molecule has 0 aliphatic carbocycles. The molecule has 0 aliphatic rings. The number of benzene rings is 2. The topological polar surface area (TPSA) is 135 Å². The number of hydrogen-bond acceptors (Lipinski definition) is 9. The predicted octanol–water partition coefficient (Wildman–Crippen LogP) is 4.16. The molecule has 3 rings (SSSR count). The van der Waals surface area contributed by atoms with Crippen molar-refractivity contribution in [3.05, 3.63) is 58.4 Å². The van der Waals surface area contributed by atoms with Crippen LogP contribution in [0.2, 0.25) is 0 Å². The van der Waals surface area contributed by atoms with E-state index in [1.165, 1.54) is 25.3 Å². The van der Waals surface area contributed by atoms with Gasteiger partial charge in [-0.05, 0) is 51.1 Å². The zero-order valence-corrected chi connectivity index (χ0v) is 18.2. The maximum absolute atomic E-state index is 12.4. The summed E-state index contributed by atoms with van der Waals surface area (Å²) in [5, 5.41) is 15.0. The number of rotatable bonds is 7. The SMILES string of the molecule is COc1ccc(Oc2ccc([N+](=O)[O-])cc2-c2nc(CS(=O)(=O)C(C)(C)C)no2)cc1. The smallest absolute Gasteiger partial charge is 0.270 e. The van der Waals surface area contributed by atoms with E-state index >= 15 is 0 Å². The highest BCUT2D eigenvalue weighted by Gasteiger charge is 2.31. The number of hydrogen-bond donors (Lipinski definition) is 0. The van der Waals surface area contributed by atoms with Gasteiger partial charge in [0.2, 0.25) is 0 Å². The summed E-state index contributed by atoms with van der Waals surface area (Å²) in [6, 6.07) is 10.6. The van der Waals surface area contributed by atoms with Gasteiger partial charge in [0.05, 0.1) is 22.3 Å². The Morgan fingerprint density at radius 1 is 1.10 bits per heavy atom. The van der Waals surface area contributed by atoms with Crippen LogP contribution in [0.3, 0.4) is 0 Å². The molecular weight excluding hydrogens is 426 g/mol. The van der Waals surface area contributed by atoms with Crippen molar-refractivity contribution >= 4 is 15.5 Å². The van der Waals surface area contributed by atoms with Gasteiger partial charge in [-0.1, -0.05) is 5.16 Å². The van der Waals surface area contributed by atoms with Crippen LogP contribution >= 0.6 is 0 Å². The molecule has 1 heterocycles. The van der Waals surface area contributed by atoms with Crippen LogP contribution in [0.4, 0.5) is 5.69 Å². The van der Waals surface area contributed by atoms with Crippen molar-refractivity contribution in [2.45, 2.75) is 31.3 Å². The molecule has 1 aromatic heterocycles. The lowest BCUT2D eigenvalue weighted by Crippen LogP contribution is -2.29. The van der Waals surface area contributed by atoms with Gasteiger partial charge in [-0.15, -0.1) is 0 Å². The van der Waals surface area contributed by atoms with Crippen molar-refractivity contribution in [2.75, 3.05) is 7.11 Å². The molecule has 11 heteroatoms. The van der Waals surface area contributed by atoms with E-state index in [-0.39, 0.29) is 28.7 Å². The first-order chi connectivity index (χ1) is 14.5. The summed E-state index contributed by atoms with van der Waals surface area (Å²) in [6.07, 6.45) is 0. The second-order valence-electron chi connectivity index (χ2n) is 7.60. The lowest BCUT2D eigenvalue weighted by molar-refractivity contribution is -0.384. The molecule has 0 atom stereocenters. The molecule has 0 amide bonds. The summed E-state index contributed by atoms with van der Waals surface area (Å²) in [7, 11) is -2.00. The fraction of sp³-hybridized carbons (Fsp3) is 0.300. The maximum Gasteiger partial charge on any atom is 0.270 e. The number of methoxy groups -OCH3 is 1. The van der Waals surface area contributed by atoms with Gasteiger partial charge < -0.3 is 14.0 Å². The Hall–Kier alpha value is -3.47. The fourth-order valence-electron chi connectivity index (χ4n) is 2.47. The monoisotopic (exact) mass is 447 g/mol. The normalized spacial score (nSPS) is 11.9. The van der Waals surface area contributed by atoms with Crippen molar-refractivity contribution in [1.82, 2.24) is 10.1 Å². The Labute approximate surface area is 178 Å². The number of nitro benzene ring substituents is 1. The average molecular weight is 447 g/mol. The molecule has 0 N–H and O–H groups in total. The van der Waals surface area contributed by atoms with Crippen LogP contribution in [-0.2, 0) is 15.6 Å². The van der Waals surface area contributed by atoms with E-state index in [4.69, 9.17) is 14.0 Å². The molecule has 0 radical (unpaired) electrons. The third-order valence-electron chi connectivity index (χ3n) is 4.41. The third-order valence-corrected chi connectivity index (χ3v) is 6.92. The average Bonchev–Trinajstić information content (AvgIpc) is 3.15. The van der Waals surface area contributed by atoms with Crippen molar-refractivity contribution in [2.24, 2.45) is 0 Å². The van der Waals surface area contributed by atoms with E-state index in [1.54, 1.807) is 45.0 Å². The van der Waals surface area contributed by atoms with E-state index in [0.717, 1.165) is 0 Å². The molecule has 0 saturated carbocycles. The molecule has 164 valence electrons. The van der Waals surface area contributed by atoms with Crippen LogP contribution in [0.5, 0.6) is 17.2 Å². The van der Waals surface area contributed by atoms with Gasteiger partial charge in [-0.3, -0.25) is 10.1 Å². The molecule has 0 bridgehead atoms. The molecule has 31 heavy (non-hydrogen) atoms. The molecule has 10 nitrogen and oxygen atoms in total. The standard InChI is InChI=1S/C20H21N3O7S/c1-20(2,3)31(26,27)12-18-21-19(30-22-18)16-11-13(23(24)25)5-10-17(16)29-15-8-6-14(28-4)7-9-15/h5-11H,12H2,1-4H3. The molecule has 3 aromatic rings. The molecule has 0 aliphatic heterocycles. The minimum Gasteiger partial charge on any atom is -0.497 e. The highest BCUT2D eigenvalue weighted by Crippen LogP contribution is 2.36. The minimum absolute atomic E-state index is 0.0492. The number of nitrogens with zero attached hydrogens (tertiary/aromatic N) is 3. The molecular formula is C20H21N3O7S. The van der Waals surface area contributed by atoms with Crippen molar-refractivity contribution in [1.29, 1.82) is 0 Å². The van der Waals surface area contributed by atoms with Gasteiger partial charge in [0, 0.05) is 12.1 Å². The van der Waals surface area contributed by atoms with Crippen molar-refractivity contribution in [3.8, 4) is 28.7 Å². The highest BCUT2D eigenvalue weighted by molar-refractivity contribution is 7.91. The lowest BCUT2D eigenvalue weighted by Gasteiger charge is -2.17. The number of nitro groups is 1. The van der Waals surface area contributed by atoms with E-state index in [2.05, 4.69) is 10.1 Å². The van der Waals surface area contributed by atoms with Crippen LogP contribution in [0, 0.1) is 10.1 Å². The van der Waals surface area contributed by atoms with Crippen LogP contribution < -0.4 is 9.47 Å². The zero-order valence-electron chi connectivity index (χ0n) is 17.4. The minimum atomic E-state index is -3.54. The highest BCUT2D eigenvalue weighted by atomic mass is 32.2. The predicted molar refractivity (Wildman–Crippen MR) is 112 cm³/mol. The molecule has 0 unspecified atom stereocenters. The zero-order chi connectivity index (χ0) is 22.8. The van der Waals surface area contributed by atoms with Gasteiger partial charge in [-0.2, -0.15) is 4.98 Å². The van der Waals surface area contributed by atoms with Gasteiger partial charge >= 0.3 is 0 Å². The molecule has 2 aromatic carbocycles. The van der Waals surface area contributed by atoms with E-state index in [1.807, 2.05) is 0 Å². The summed E-state index contributed by atoms with van der Waals surface area (Å²) in [5.74, 6) is 0.746. The third kappa shape index (κ3) is 5.00. The number of non-ortho nitro benzene ring substituents is 1. The second-order valence-corrected chi connectivity index (χ2v) is 10.3. The summed E-state index contributed by atoms with van der Waals surface area (Å²) >= 11 is 0. The van der Waals surface area contributed by atoms with Crippen LogP contribution in [0.25, 0.3) is 11.5 Å². The Kier molecular flexibility index (Phi) is 5.98. The largest absolute Gasteiger partial charge is 0.497 e. The second kappa shape index (κ2) is 8.34. The van der Waals surface area contributed by atoms with Gasteiger partial charge in [0.25, 0.3) is 11.6 Å². The van der Waals surface area contributed by atoms with Gasteiger partial charge in [-0.25, -0.2) is 8.42 Å². The van der Waals surface area contributed by atoms with Crippen molar-refractivity contribution in [3.63, 3.8) is 0 Å². The van der Waals surface area contributed by atoms with Crippen molar-refractivity contribution < 1.29 is 27.3 Å². The first-order valence-corrected chi connectivity index (χ1v) is 10.8.